The van der Waals surface area contributed by atoms with E-state index in [-0.39, 0.29) is 0 Å². The molecule has 1 saturated carbocycles. The fourth-order valence-corrected chi connectivity index (χ4v) is 1.53. The van der Waals surface area contributed by atoms with E-state index >= 15 is 0 Å². The van der Waals surface area contributed by atoms with Crippen LogP contribution in [-0.4, -0.2) is 4.98 Å². The van der Waals surface area contributed by atoms with Crippen LogP contribution in [0.2, 0.25) is 0 Å². The van der Waals surface area contributed by atoms with Gasteiger partial charge in [0.15, 0.2) is 0 Å². The van der Waals surface area contributed by atoms with E-state index in [0.29, 0.717) is 0 Å². The van der Waals surface area contributed by atoms with Crippen molar-refractivity contribution in [2.45, 2.75) is 19.3 Å². The second-order valence-corrected chi connectivity index (χ2v) is 3.35. The van der Waals surface area contributed by atoms with Crippen LogP contribution in [0.25, 0.3) is 0 Å². The van der Waals surface area contributed by atoms with E-state index in [1.807, 2.05) is 5.51 Å². The van der Waals surface area contributed by atoms with Gasteiger partial charge in [0, 0.05) is 5.38 Å². The Bertz CT molecular complexity index is 177. The Hall–Kier alpha value is -0.370. The highest BCUT2D eigenvalue weighted by Crippen LogP contribution is 2.32. The minimum Gasteiger partial charge on any atom is -0.250 e. The van der Waals surface area contributed by atoms with Crippen LogP contribution in [0.3, 0.4) is 0 Å². The molecule has 1 aromatic heterocycles. The molecule has 48 valence electrons. The smallest absolute Gasteiger partial charge is 0.0794 e. The standard InChI is InChI=1S/C7H9NS/c1-2-6(1)3-7-4-9-5-8-7/h4-6H,1-3H2. The molecule has 9 heavy (non-hydrogen) atoms. The Kier molecular flexibility index (Phi) is 1.27. The molecule has 0 amide bonds. The predicted molar refractivity (Wildman–Crippen MR) is 38.5 cm³/mol. The van der Waals surface area contributed by atoms with E-state index in [2.05, 4.69) is 10.4 Å². The van der Waals surface area contributed by atoms with Gasteiger partial charge >= 0.3 is 0 Å². The average Bonchev–Trinajstić information content (AvgIpc) is 2.46. The minimum atomic E-state index is 0.979. The normalized spacial score (nSPS) is 18.2. The molecule has 0 N–H and O–H groups in total. The van der Waals surface area contributed by atoms with Gasteiger partial charge in [-0.15, -0.1) is 11.3 Å². The summed E-state index contributed by atoms with van der Waals surface area (Å²) in [7, 11) is 0. The first-order chi connectivity index (χ1) is 4.45. The number of thiazole rings is 1. The first-order valence-electron chi connectivity index (χ1n) is 3.32. The molecule has 0 atom stereocenters. The van der Waals surface area contributed by atoms with Crippen LogP contribution >= 0.6 is 11.3 Å². The molecule has 1 aliphatic rings. The number of hydrogen-bond donors (Lipinski definition) is 0. The van der Waals surface area contributed by atoms with Gasteiger partial charge in [-0.05, 0) is 25.2 Å². The van der Waals surface area contributed by atoms with Crippen molar-refractivity contribution in [2.24, 2.45) is 5.92 Å². The Morgan fingerprint density at radius 2 is 2.56 bits per heavy atom. The highest BCUT2D eigenvalue weighted by atomic mass is 32.1. The van der Waals surface area contributed by atoms with E-state index in [0.717, 1.165) is 5.92 Å². The van der Waals surface area contributed by atoms with E-state index in [1.54, 1.807) is 11.3 Å². The number of rotatable bonds is 2. The van der Waals surface area contributed by atoms with Crippen molar-refractivity contribution in [1.82, 2.24) is 4.98 Å². The zero-order chi connectivity index (χ0) is 6.10. The summed E-state index contributed by atoms with van der Waals surface area (Å²) in [6.07, 6.45) is 4.08. The third-order valence-electron chi connectivity index (χ3n) is 1.68. The zero-order valence-corrected chi connectivity index (χ0v) is 6.03. The Balaban J connectivity index is 1.99. The van der Waals surface area contributed by atoms with E-state index in [1.165, 1.54) is 25.0 Å². The fraction of sp³-hybridized carbons (Fsp3) is 0.571. The molecule has 1 aromatic rings. The first-order valence-corrected chi connectivity index (χ1v) is 4.26. The minimum absolute atomic E-state index is 0.979. The van der Waals surface area contributed by atoms with E-state index in [4.69, 9.17) is 0 Å². The van der Waals surface area contributed by atoms with Crippen LogP contribution in [0.4, 0.5) is 0 Å². The van der Waals surface area contributed by atoms with Crippen molar-refractivity contribution in [3.63, 3.8) is 0 Å². The number of hydrogen-bond acceptors (Lipinski definition) is 2. The van der Waals surface area contributed by atoms with Crippen molar-refractivity contribution in [3.8, 4) is 0 Å². The number of nitrogens with zero attached hydrogens (tertiary/aromatic N) is 1. The lowest BCUT2D eigenvalue weighted by Crippen LogP contribution is -1.84. The molecule has 1 aliphatic carbocycles. The Morgan fingerprint density at radius 3 is 3.11 bits per heavy atom. The summed E-state index contributed by atoms with van der Waals surface area (Å²) >= 11 is 1.70. The van der Waals surface area contributed by atoms with Gasteiger partial charge in [-0.3, -0.25) is 0 Å². The Morgan fingerprint density at radius 1 is 1.67 bits per heavy atom. The third kappa shape index (κ3) is 1.30. The first kappa shape index (κ1) is 5.42. The lowest BCUT2D eigenvalue weighted by atomic mass is 10.2. The lowest BCUT2D eigenvalue weighted by molar-refractivity contribution is 0.811. The molecule has 0 unspecified atom stereocenters. The molecular weight excluding hydrogens is 130 g/mol. The van der Waals surface area contributed by atoms with Crippen molar-refractivity contribution < 1.29 is 0 Å². The van der Waals surface area contributed by atoms with Crippen LogP contribution in [0, 0.1) is 5.92 Å². The molecule has 1 fully saturated rings. The van der Waals surface area contributed by atoms with Gasteiger partial charge in [0.25, 0.3) is 0 Å². The SMILES string of the molecule is c1nc(CC2CC2)cs1. The largest absolute Gasteiger partial charge is 0.250 e. The van der Waals surface area contributed by atoms with Crippen LogP contribution < -0.4 is 0 Å². The van der Waals surface area contributed by atoms with Crippen molar-refractivity contribution in [3.05, 3.63) is 16.6 Å². The van der Waals surface area contributed by atoms with Gasteiger partial charge in [-0.25, -0.2) is 4.98 Å². The molecule has 2 rings (SSSR count). The molecule has 1 nitrogen and oxygen atoms in total. The van der Waals surface area contributed by atoms with Gasteiger partial charge in [0.05, 0.1) is 11.2 Å². The fourth-order valence-electron chi connectivity index (χ4n) is 0.956. The monoisotopic (exact) mass is 139 g/mol. The zero-order valence-electron chi connectivity index (χ0n) is 5.21. The van der Waals surface area contributed by atoms with Gasteiger partial charge in [-0.1, -0.05) is 0 Å². The van der Waals surface area contributed by atoms with Crippen molar-refractivity contribution in [1.29, 1.82) is 0 Å². The summed E-state index contributed by atoms with van der Waals surface area (Å²) in [6, 6.07) is 0. The molecule has 0 radical (unpaired) electrons. The second kappa shape index (κ2) is 2.10. The average molecular weight is 139 g/mol. The van der Waals surface area contributed by atoms with Gasteiger partial charge < -0.3 is 0 Å². The van der Waals surface area contributed by atoms with Crippen LogP contribution in [0.15, 0.2) is 10.9 Å². The summed E-state index contributed by atoms with van der Waals surface area (Å²) < 4.78 is 0. The molecule has 0 bridgehead atoms. The van der Waals surface area contributed by atoms with Crippen LogP contribution in [0.1, 0.15) is 18.5 Å². The van der Waals surface area contributed by atoms with Gasteiger partial charge in [-0.2, -0.15) is 0 Å². The maximum Gasteiger partial charge on any atom is 0.0794 e. The summed E-state index contributed by atoms with van der Waals surface area (Å²) in [5.41, 5.74) is 3.21. The highest BCUT2D eigenvalue weighted by molar-refractivity contribution is 7.07. The summed E-state index contributed by atoms with van der Waals surface area (Å²) in [6.45, 7) is 0. The van der Waals surface area contributed by atoms with Crippen molar-refractivity contribution >= 4 is 11.3 Å². The maximum atomic E-state index is 4.21. The van der Waals surface area contributed by atoms with Gasteiger partial charge in [0.1, 0.15) is 0 Å². The Labute approximate surface area is 58.7 Å². The molecule has 1 heterocycles. The molecule has 0 saturated heterocycles. The van der Waals surface area contributed by atoms with E-state index < -0.39 is 0 Å². The molecule has 0 spiro atoms. The summed E-state index contributed by atoms with van der Waals surface area (Å²) in [5, 5.41) is 2.15. The lowest BCUT2D eigenvalue weighted by Gasteiger charge is -1.87. The topological polar surface area (TPSA) is 12.9 Å². The number of aromatic nitrogens is 1. The molecule has 0 aliphatic heterocycles. The van der Waals surface area contributed by atoms with Crippen LogP contribution in [-0.2, 0) is 6.42 Å². The summed E-state index contributed by atoms with van der Waals surface area (Å²) in [5.74, 6) is 0.979. The summed E-state index contributed by atoms with van der Waals surface area (Å²) in [4.78, 5) is 4.21. The second-order valence-electron chi connectivity index (χ2n) is 2.63. The maximum absolute atomic E-state index is 4.21. The van der Waals surface area contributed by atoms with Gasteiger partial charge in [0.2, 0.25) is 0 Å². The highest BCUT2D eigenvalue weighted by Gasteiger charge is 2.21. The third-order valence-corrected chi connectivity index (χ3v) is 2.31. The molecular formula is C7H9NS. The molecule has 2 heteroatoms. The van der Waals surface area contributed by atoms with Crippen LogP contribution in [0.5, 0.6) is 0 Å². The quantitative estimate of drug-likeness (QED) is 0.611. The predicted octanol–water partition coefficient (Wildman–Crippen LogP) is 2.10. The van der Waals surface area contributed by atoms with Crippen molar-refractivity contribution in [2.75, 3.05) is 0 Å². The molecule has 0 aromatic carbocycles. The van der Waals surface area contributed by atoms with E-state index in [9.17, 15) is 0 Å².